The van der Waals surface area contributed by atoms with Gasteiger partial charge in [-0.2, -0.15) is 0 Å². The van der Waals surface area contributed by atoms with E-state index in [1.165, 1.54) is 24.3 Å². The van der Waals surface area contributed by atoms with E-state index < -0.39 is 16.6 Å². The molecule has 0 atom stereocenters. The summed E-state index contributed by atoms with van der Waals surface area (Å²) in [4.78, 5) is 22.2. The lowest BCUT2D eigenvalue weighted by Gasteiger charge is -2.07. The van der Waals surface area contributed by atoms with Gasteiger partial charge in [-0.3, -0.25) is 14.9 Å². The SMILES string of the molecule is Nc1ccc(C(=O)Nc2ccc(Cl)cc2[N+](=O)[O-])cc1F. The van der Waals surface area contributed by atoms with Gasteiger partial charge in [0, 0.05) is 16.7 Å². The number of nitro benzene ring substituents is 1. The molecule has 2 aromatic carbocycles. The molecule has 2 aromatic rings. The van der Waals surface area contributed by atoms with Crippen molar-refractivity contribution < 1.29 is 14.1 Å². The van der Waals surface area contributed by atoms with Gasteiger partial charge in [-0.15, -0.1) is 0 Å². The number of hydrogen-bond acceptors (Lipinski definition) is 4. The lowest BCUT2D eigenvalue weighted by molar-refractivity contribution is -0.383. The van der Waals surface area contributed by atoms with Crippen molar-refractivity contribution in [3.05, 3.63) is 62.9 Å². The van der Waals surface area contributed by atoms with E-state index in [4.69, 9.17) is 17.3 Å². The van der Waals surface area contributed by atoms with Crippen molar-refractivity contribution in [1.29, 1.82) is 0 Å². The zero-order chi connectivity index (χ0) is 15.6. The molecule has 0 saturated heterocycles. The Labute approximate surface area is 123 Å². The molecule has 0 saturated carbocycles. The van der Waals surface area contributed by atoms with Gasteiger partial charge in [-0.25, -0.2) is 4.39 Å². The number of hydrogen-bond donors (Lipinski definition) is 2. The fourth-order valence-electron chi connectivity index (χ4n) is 1.62. The lowest BCUT2D eigenvalue weighted by atomic mass is 10.1. The van der Waals surface area contributed by atoms with Crippen LogP contribution in [-0.4, -0.2) is 10.8 Å². The number of anilines is 2. The Balaban J connectivity index is 2.31. The molecule has 1 amide bonds. The first-order valence-corrected chi connectivity index (χ1v) is 6.06. The third kappa shape index (κ3) is 3.26. The Bertz CT molecular complexity index is 737. The second-order valence-corrected chi connectivity index (χ2v) is 4.55. The number of nitrogens with two attached hydrogens (primary N) is 1. The number of carbonyl (C=O) groups is 1. The summed E-state index contributed by atoms with van der Waals surface area (Å²) in [7, 11) is 0. The fourth-order valence-corrected chi connectivity index (χ4v) is 1.79. The average Bonchev–Trinajstić information content (AvgIpc) is 2.43. The van der Waals surface area contributed by atoms with Crippen LogP contribution >= 0.6 is 11.6 Å². The third-order valence-corrected chi connectivity index (χ3v) is 2.90. The van der Waals surface area contributed by atoms with E-state index in [1.807, 2.05) is 0 Å². The molecule has 0 bridgehead atoms. The molecule has 0 unspecified atom stereocenters. The number of nitrogen functional groups attached to an aromatic ring is 1. The monoisotopic (exact) mass is 309 g/mol. The summed E-state index contributed by atoms with van der Waals surface area (Å²) >= 11 is 5.67. The molecule has 0 aromatic heterocycles. The number of nitrogens with one attached hydrogen (secondary N) is 1. The van der Waals surface area contributed by atoms with E-state index >= 15 is 0 Å². The molecule has 0 aliphatic rings. The molecule has 0 aliphatic carbocycles. The average molecular weight is 310 g/mol. The van der Waals surface area contributed by atoms with Crippen LogP contribution in [0.1, 0.15) is 10.4 Å². The zero-order valence-corrected chi connectivity index (χ0v) is 11.2. The molecule has 0 heterocycles. The molecule has 0 aliphatic heterocycles. The molecule has 2 rings (SSSR count). The van der Waals surface area contributed by atoms with Gasteiger partial charge in [0.15, 0.2) is 0 Å². The maximum absolute atomic E-state index is 13.3. The highest BCUT2D eigenvalue weighted by Gasteiger charge is 2.17. The number of nitrogens with zero attached hydrogens (tertiary/aromatic N) is 1. The van der Waals surface area contributed by atoms with Crippen molar-refractivity contribution in [2.45, 2.75) is 0 Å². The van der Waals surface area contributed by atoms with Crippen molar-refractivity contribution >= 4 is 34.6 Å². The quantitative estimate of drug-likeness (QED) is 0.516. The molecule has 6 nitrogen and oxygen atoms in total. The van der Waals surface area contributed by atoms with E-state index in [0.29, 0.717) is 0 Å². The number of amides is 1. The van der Waals surface area contributed by atoms with Crippen LogP contribution in [0.5, 0.6) is 0 Å². The minimum atomic E-state index is -0.742. The minimum absolute atomic E-state index is 0.00838. The maximum Gasteiger partial charge on any atom is 0.294 e. The lowest BCUT2D eigenvalue weighted by Crippen LogP contribution is -2.13. The van der Waals surface area contributed by atoms with Crippen molar-refractivity contribution in [2.75, 3.05) is 11.1 Å². The molecule has 0 fully saturated rings. The molecule has 21 heavy (non-hydrogen) atoms. The van der Waals surface area contributed by atoms with Gasteiger partial charge in [0.05, 0.1) is 10.6 Å². The number of benzene rings is 2. The summed E-state index contributed by atoms with van der Waals surface area (Å²) in [6.45, 7) is 0. The predicted octanol–water partition coefficient (Wildman–Crippen LogP) is 3.22. The molecule has 3 N–H and O–H groups in total. The number of nitro groups is 1. The van der Waals surface area contributed by atoms with Crippen LogP contribution in [-0.2, 0) is 0 Å². The summed E-state index contributed by atoms with van der Waals surface area (Å²) < 4.78 is 13.3. The van der Waals surface area contributed by atoms with Crippen molar-refractivity contribution in [3.63, 3.8) is 0 Å². The molecule has 0 spiro atoms. The van der Waals surface area contributed by atoms with Crippen LogP contribution in [0.25, 0.3) is 0 Å². The molecule has 8 heteroatoms. The Morgan fingerprint density at radius 2 is 2.00 bits per heavy atom. The highest BCUT2D eigenvalue weighted by molar-refractivity contribution is 6.31. The van der Waals surface area contributed by atoms with Gasteiger partial charge >= 0.3 is 0 Å². The normalized spacial score (nSPS) is 10.2. The Kier molecular flexibility index (Phi) is 4.04. The van der Waals surface area contributed by atoms with Crippen LogP contribution in [0.15, 0.2) is 36.4 Å². The van der Waals surface area contributed by atoms with Crippen molar-refractivity contribution in [2.24, 2.45) is 0 Å². The van der Waals surface area contributed by atoms with Gasteiger partial charge in [0.2, 0.25) is 0 Å². The topological polar surface area (TPSA) is 98.3 Å². The standard InChI is InChI=1S/C13H9ClFN3O3/c14-8-2-4-11(12(6-8)18(20)21)17-13(19)7-1-3-10(16)9(15)5-7/h1-6H,16H2,(H,17,19). The summed E-state index contributed by atoms with van der Waals surface area (Å²) in [5.74, 6) is -1.44. The van der Waals surface area contributed by atoms with Crippen molar-refractivity contribution in [1.82, 2.24) is 0 Å². The van der Waals surface area contributed by atoms with Crippen LogP contribution in [0.3, 0.4) is 0 Å². The van der Waals surface area contributed by atoms with Crippen molar-refractivity contribution in [3.8, 4) is 0 Å². The first-order valence-electron chi connectivity index (χ1n) is 5.69. The Morgan fingerprint density at radius 1 is 1.29 bits per heavy atom. The second-order valence-electron chi connectivity index (χ2n) is 4.11. The van der Waals surface area contributed by atoms with Crippen LogP contribution in [0.4, 0.5) is 21.5 Å². The predicted molar refractivity (Wildman–Crippen MR) is 76.9 cm³/mol. The first kappa shape index (κ1) is 14.7. The highest BCUT2D eigenvalue weighted by atomic mass is 35.5. The van der Waals surface area contributed by atoms with Gasteiger partial charge in [-0.05, 0) is 30.3 Å². The first-order chi connectivity index (χ1) is 9.88. The van der Waals surface area contributed by atoms with E-state index in [1.54, 1.807) is 0 Å². The minimum Gasteiger partial charge on any atom is -0.396 e. The third-order valence-electron chi connectivity index (χ3n) is 2.67. The van der Waals surface area contributed by atoms with Crippen LogP contribution in [0.2, 0.25) is 5.02 Å². The number of carbonyl (C=O) groups excluding carboxylic acids is 1. The van der Waals surface area contributed by atoms with E-state index in [9.17, 15) is 19.3 Å². The Hall–Kier alpha value is -2.67. The van der Waals surface area contributed by atoms with E-state index in [0.717, 1.165) is 12.1 Å². The Morgan fingerprint density at radius 3 is 2.62 bits per heavy atom. The maximum atomic E-state index is 13.3. The molecular formula is C13H9ClFN3O3. The smallest absolute Gasteiger partial charge is 0.294 e. The largest absolute Gasteiger partial charge is 0.396 e. The van der Waals surface area contributed by atoms with Crippen LogP contribution in [0, 0.1) is 15.9 Å². The van der Waals surface area contributed by atoms with Crippen LogP contribution < -0.4 is 11.1 Å². The van der Waals surface area contributed by atoms with Gasteiger partial charge < -0.3 is 11.1 Å². The summed E-state index contributed by atoms with van der Waals surface area (Å²) in [6.07, 6.45) is 0. The summed E-state index contributed by atoms with van der Waals surface area (Å²) in [5.41, 5.74) is 4.82. The zero-order valence-electron chi connectivity index (χ0n) is 10.5. The fraction of sp³-hybridized carbons (Fsp3) is 0. The molecule has 108 valence electrons. The number of halogens is 2. The van der Waals surface area contributed by atoms with E-state index in [2.05, 4.69) is 5.32 Å². The van der Waals surface area contributed by atoms with Gasteiger partial charge in [0.25, 0.3) is 11.6 Å². The second kappa shape index (κ2) is 5.76. The highest BCUT2D eigenvalue weighted by Crippen LogP contribution is 2.28. The van der Waals surface area contributed by atoms with Gasteiger partial charge in [0.1, 0.15) is 11.5 Å². The number of rotatable bonds is 3. The summed E-state index contributed by atoms with van der Waals surface area (Å²) in [6, 6.07) is 7.31. The molecule has 0 radical (unpaired) electrons. The molecular weight excluding hydrogens is 301 g/mol. The van der Waals surface area contributed by atoms with Gasteiger partial charge in [-0.1, -0.05) is 11.6 Å². The van der Waals surface area contributed by atoms with E-state index in [-0.39, 0.29) is 27.6 Å². The summed E-state index contributed by atoms with van der Waals surface area (Å²) in [5, 5.41) is 13.4.